The predicted molar refractivity (Wildman–Crippen MR) is 82.5 cm³/mol. The van der Waals surface area contributed by atoms with Crippen LogP contribution in [0.25, 0.3) is 0 Å². The summed E-state index contributed by atoms with van der Waals surface area (Å²) < 4.78 is 10.3. The van der Waals surface area contributed by atoms with E-state index in [-0.39, 0.29) is 18.2 Å². The lowest BCUT2D eigenvalue weighted by Crippen LogP contribution is -2.38. The van der Waals surface area contributed by atoms with Gasteiger partial charge in [0.1, 0.15) is 5.75 Å². The summed E-state index contributed by atoms with van der Waals surface area (Å²) in [7, 11) is 2.94. The van der Waals surface area contributed by atoms with E-state index in [2.05, 4.69) is 0 Å². The molecule has 0 aromatic heterocycles. The third-order valence-corrected chi connectivity index (χ3v) is 4.06. The fourth-order valence-corrected chi connectivity index (χ4v) is 3.00. The Morgan fingerprint density at radius 1 is 1.32 bits per heavy atom. The normalized spacial score (nSPS) is 18.5. The first-order chi connectivity index (χ1) is 10.5. The molecule has 1 aromatic carbocycles. The van der Waals surface area contributed by atoms with Crippen molar-refractivity contribution < 1.29 is 19.1 Å². The Bertz CT molecular complexity index is 621. The smallest absolute Gasteiger partial charge is 0.336 e. The molecule has 1 aliphatic rings. The Balaban J connectivity index is 2.60. The molecule has 2 rings (SSSR count). The third-order valence-electron chi connectivity index (χ3n) is 4.06. The minimum Gasteiger partial charge on any atom is -0.496 e. The predicted octanol–water partition coefficient (Wildman–Crippen LogP) is 2.48. The van der Waals surface area contributed by atoms with Crippen LogP contribution < -0.4 is 4.74 Å². The zero-order valence-corrected chi connectivity index (χ0v) is 13.4. The van der Waals surface area contributed by atoms with Crippen LogP contribution in [0.5, 0.6) is 5.75 Å². The summed E-state index contributed by atoms with van der Waals surface area (Å²) in [4.78, 5) is 26.3. The second kappa shape index (κ2) is 6.64. The van der Waals surface area contributed by atoms with Crippen LogP contribution in [-0.4, -0.2) is 37.5 Å². The molecule has 0 N–H and O–H groups in total. The van der Waals surface area contributed by atoms with Gasteiger partial charge in [-0.1, -0.05) is 18.2 Å². The van der Waals surface area contributed by atoms with Crippen LogP contribution >= 0.6 is 0 Å². The van der Waals surface area contributed by atoms with E-state index < -0.39 is 5.97 Å². The van der Waals surface area contributed by atoms with E-state index in [1.54, 1.807) is 18.9 Å². The number of carbonyl (C=O) groups excluding carboxylic acids is 2. The van der Waals surface area contributed by atoms with Crippen molar-refractivity contribution in [2.45, 2.75) is 26.2 Å². The van der Waals surface area contributed by atoms with Crippen LogP contribution in [0.1, 0.15) is 31.7 Å². The number of hydrogen-bond acceptors (Lipinski definition) is 4. The number of ether oxygens (including phenoxy) is 2. The minimum atomic E-state index is -0.403. The largest absolute Gasteiger partial charge is 0.496 e. The summed E-state index contributed by atoms with van der Waals surface area (Å²) >= 11 is 0. The van der Waals surface area contributed by atoms with E-state index in [1.807, 2.05) is 31.2 Å². The number of amides is 1. The van der Waals surface area contributed by atoms with Crippen molar-refractivity contribution in [1.82, 2.24) is 4.90 Å². The SMILES string of the molecule is CCN1C(=O)CC(c2ccccc2OC)C(C(=O)OC)=C1C. The Morgan fingerprint density at radius 2 is 2.00 bits per heavy atom. The quantitative estimate of drug-likeness (QED) is 0.802. The summed E-state index contributed by atoms with van der Waals surface area (Å²) in [6, 6.07) is 7.45. The van der Waals surface area contributed by atoms with Gasteiger partial charge in [-0.25, -0.2) is 4.79 Å². The number of carbonyl (C=O) groups is 2. The molecule has 5 heteroatoms. The molecule has 0 spiro atoms. The maximum absolute atomic E-state index is 12.4. The molecule has 22 heavy (non-hydrogen) atoms. The number of allylic oxidation sites excluding steroid dienone is 1. The van der Waals surface area contributed by atoms with Crippen LogP contribution in [0.4, 0.5) is 0 Å². The van der Waals surface area contributed by atoms with E-state index >= 15 is 0 Å². The Labute approximate surface area is 130 Å². The van der Waals surface area contributed by atoms with Crippen molar-refractivity contribution in [3.8, 4) is 5.75 Å². The number of methoxy groups -OCH3 is 2. The number of benzene rings is 1. The molecule has 0 saturated carbocycles. The highest BCUT2D eigenvalue weighted by molar-refractivity contribution is 5.96. The van der Waals surface area contributed by atoms with E-state index in [0.29, 0.717) is 23.6 Å². The van der Waals surface area contributed by atoms with Gasteiger partial charge in [0.05, 0.1) is 19.8 Å². The Kier molecular flexibility index (Phi) is 4.85. The van der Waals surface area contributed by atoms with Gasteiger partial charge in [-0.05, 0) is 19.9 Å². The minimum absolute atomic E-state index is 0.00330. The highest BCUT2D eigenvalue weighted by Gasteiger charge is 2.37. The van der Waals surface area contributed by atoms with Crippen molar-refractivity contribution in [3.63, 3.8) is 0 Å². The van der Waals surface area contributed by atoms with Crippen LogP contribution in [0, 0.1) is 0 Å². The van der Waals surface area contributed by atoms with Crippen LogP contribution in [0.15, 0.2) is 35.5 Å². The van der Waals surface area contributed by atoms with E-state index in [1.165, 1.54) is 7.11 Å². The zero-order valence-electron chi connectivity index (χ0n) is 13.4. The molecule has 1 aromatic rings. The third kappa shape index (κ3) is 2.71. The molecule has 5 nitrogen and oxygen atoms in total. The second-order valence-electron chi connectivity index (χ2n) is 5.13. The lowest BCUT2D eigenvalue weighted by molar-refractivity contribution is -0.137. The molecule has 1 aliphatic heterocycles. The van der Waals surface area contributed by atoms with Crippen LogP contribution in [0.3, 0.4) is 0 Å². The van der Waals surface area contributed by atoms with Gasteiger partial charge in [-0.15, -0.1) is 0 Å². The summed E-state index contributed by atoms with van der Waals surface area (Å²) in [5.74, 6) is -0.0822. The molecule has 0 aliphatic carbocycles. The first-order valence-corrected chi connectivity index (χ1v) is 7.27. The van der Waals surface area contributed by atoms with Crippen molar-refractivity contribution >= 4 is 11.9 Å². The first kappa shape index (κ1) is 16.1. The van der Waals surface area contributed by atoms with Gasteiger partial charge in [0, 0.05) is 30.1 Å². The molecule has 1 heterocycles. The van der Waals surface area contributed by atoms with Gasteiger partial charge >= 0.3 is 5.97 Å². The topological polar surface area (TPSA) is 55.8 Å². The molecule has 0 fully saturated rings. The van der Waals surface area contributed by atoms with Crippen molar-refractivity contribution in [1.29, 1.82) is 0 Å². The lowest BCUT2D eigenvalue weighted by Gasteiger charge is -2.34. The molecule has 1 amide bonds. The molecule has 118 valence electrons. The second-order valence-corrected chi connectivity index (χ2v) is 5.13. The average molecular weight is 303 g/mol. The maximum Gasteiger partial charge on any atom is 0.336 e. The molecule has 1 atom stereocenters. The van der Waals surface area contributed by atoms with Gasteiger partial charge in [0.2, 0.25) is 5.91 Å². The van der Waals surface area contributed by atoms with Gasteiger partial charge in [0.15, 0.2) is 0 Å². The Hall–Kier alpha value is -2.30. The zero-order chi connectivity index (χ0) is 16.3. The lowest BCUT2D eigenvalue weighted by atomic mass is 9.83. The van der Waals surface area contributed by atoms with Gasteiger partial charge in [-0.3, -0.25) is 4.79 Å². The average Bonchev–Trinajstić information content (AvgIpc) is 2.54. The van der Waals surface area contributed by atoms with E-state index in [9.17, 15) is 9.59 Å². The van der Waals surface area contributed by atoms with Gasteiger partial charge < -0.3 is 14.4 Å². The molecule has 0 saturated heterocycles. The number of esters is 1. The summed E-state index contributed by atoms with van der Waals surface area (Å²) in [5.41, 5.74) is 2.00. The summed E-state index contributed by atoms with van der Waals surface area (Å²) in [6.45, 7) is 4.21. The van der Waals surface area contributed by atoms with Gasteiger partial charge in [-0.2, -0.15) is 0 Å². The van der Waals surface area contributed by atoms with Gasteiger partial charge in [0.25, 0.3) is 0 Å². The number of nitrogens with zero attached hydrogens (tertiary/aromatic N) is 1. The molecular formula is C17H21NO4. The molecule has 1 unspecified atom stereocenters. The highest BCUT2D eigenvalue weighted by atomic mass is 16.5. The Morgan fingerprint density at radius 3 is 2.59 bits per heavy atom. The molecule has 0 bridgehead atoms. The van der Waals surface area contributed by atoms with Crippen LogP contribution in [-0.2, 0) is 14.3 Å². The monoisotopic (exact) mass is 303 g/mol. The van der Waals surface area contributed by atoms with Crippen LogP contribution in [0.2, 0.25) is 0 Å². The molecule has 0 radical (unpaired) electrons. The fraction of sp³-hybridized carbons (Fsp3) is 0.412. The van der Waals surface area contributed by atoms with E-state index in [0.717, 1.165) is 5.56 Å². The highest BCUT2D eigenvalue weighted by Crippen LogP contribution is 2.40. The van der Waals surface area contributed by atoms with Crippen molar-refractivity contribution in [2.24, 2.45) is 0 Å². The van der Waals surface area contributed by atoms with E-state index in [4.69, 9.17) is 9.47 Å². The standard InChI is InChI=1S/C17H21NO4/c1-5-18-11(2)16(17(20)22-4)13(10-15(18)19)12-8-6-7-9-14(12)21-3/h6-9,13H,5,10H2,1-4H3. The van der Waals surface area contributed by atoms with Crippen molar-refractivity contribution in [3.05, 3.63) is 41.1 Å². The van der Waals surface area contributed by atoms with Crippen molar-refractivity contribution in [2.75, 3.05) is 20.8 Å². The number of hydrogen-bond donors (Lipinski definition) is 0. The fourth-order valence-electron chi connectivity index (χ4n) is 3.00. The summed E-state index contributed by atoms with van der Waals surface area (Å²) in [5, 5.41) is 0. The number of para-hydroxylation sites is 1. The molecular weight excluding hydrogens is 282 g/mol. The number of rotatable bonds is 4. The first-order valence-electron chi connectivity index (χ1n) is 7.27. The maximum atomic E-state index is 12.4. The summed E-state index contributed by atoms with van der Waals surface area (Å²) in [6.07, 6.45) is 0.232.